The summed E-state index contributed by atoms with van der Waals surface area (Å²) in [5.74, 6) is 0.729. The Hall–Kier alpha value is -5.41. The molecule has 2 aliphatic carbocycles. The number of hydrogen-bond donors (Lipinski definition) is 2. The third-order valence-electron chi connectivity index (χ3n) is 10.0. The van der Waals surface area contributed by atoms with Crippen molar-refractivity contribution in [3.05, 3.63) is 195 Å². The van der Waals surface area contributed by atoms with Crippen LogP contribution in [0.1, 0.15) is 22.3 Å². The molecule has 0 unspecified atom stereocenters. The van der Waals surface area contributed by atoms with Crippen LogP contribution >= 0.6 is 0 Å². The molecule has 0 fully saturated rings. The SMILES string of the molecule is Oc1c(-c2ccc3c(c2)Cc2ccccc2-3)ccc2ccccc12.Oc1c(-c2ccc3c(c2)Cc2ccccc2-3)ccc2ccccc12.[CH3-].[CH3-].[Ti+2]. The molecule has 51 heavy (non-hydrogen) atoms. The van der Waals surface area contributed by atoms with E-state index in [1.807, 2.05) is 60.7 Å². The van der Waals surface area contributed by atoms with Crippen molar-refractivity contribution < 1.29 is 31.9 Å². The van der Waals surface area contributed by atoms with Crippen molar-refractivity contribution >= 4 is 21.5 Å². The van der Waals surface area contributed by atoms with Gasteiger partial charge in [0.25, 0.3) is 0 Å². The molecular weight excluding hydrogens is 656 g/mol. The van der Waals surface area contributed by atoms with Crippen LogP contribution in [0, 0.1) is 14.9 Å². The van der Waals surface area contributed by atoms with Gasteiger partial charge in [-0.3, -0.25) is 0 Å². The number of phenols is 2. The Morgan fingerprint density at radius 3 is 1.14 bits per heavy atom. The zero-order valence-corrected chi connectivity index (χ0v) is 30.4. The number of aromatic hydroxyl groups is 2. The average molecular weight is 695 g/mol. The van der Waals surface area contributed by atoms with Gasteiger partial charge in [0.15, 0.2) is 0 Å². The molecule has 0 bridgehead atoms. The monoisotopic (exact) mass is 694 g/mol. The Balaban J connectivity index is 0.000000166. The first-order valence-electron chi connectivity index (χ1n) is 16.5. The van der Waals surface area contributed by atoms with Crippen LogP contribution in [0.15, 0.2) is 158 Å². The maximum atomic E-state index is 10.7. The number of fused-ring (bicyclic) bond motifs is 8. The smallest absolute Gasteiger partial charge is 0.507 e. The van der Waals surface area contributed by atoms with Crippen LogP contribution in [0.2, 0.25) is 0 Å². The normalized spacial score (nSPS) is 11.5. The third-order valence-corrected chi connectivity index (χ3v) is 10.0. The van der Waals surface area contributed by atoms with Gasteiger partial charge in [0, 0.05) is 21.9 Å². The molecule has 0 amide bonds. The van der Waals surface area contributed by atoms with E-state index in [9.17, 15) is 10.2 Å². The van der Waals surface area contributed by atoms with Gasteiger partial charge >= 0.3 is 21.7 Å². The van der Waals surface area contributed by atoms with E-state index in [-0.39, 0.29) is 36.6 Å². The first-order chi connectivity index (χ1) is 23.6. The standard InChI is InChI=1S/2C23H16O.2CH3.Ti/c2*24-23-21-8-4-1-5-15(21)9-12-22(23)17-10-11-20-18(14-17)13-16-6-2-3-7-19(16)20;;;/h2*1-12,14,24H,13H2;2*1H3;/q;;2*-1;+2. The molecule has 10 rings (SSSR count). The molecule has 0 heterocycles. The van der Waals surface area contributed by atoms with Crippen LogP contribution in [-0.2, 0) is 34.6 Å². The number of phenolic OH excluding ortho intramolecular Hbond substituents is 2. The maximum Gasteiger partial charge on any atom is 2.00 e. The molecule has 8 aromatic rings. The van der Waals surface area contributed by atoms with Gasteiger partial charge in [-0.15, -0.1) is 0 Å². The summed E-state index contributed by atoms with van der Waals surface area (Å²) in [5, 5.41) is 25.4. The molecule has 2 N–H and O–H groups in total. The maximum absolute atomic E-state index is 10.7. The Labute approximate surface area is 315 Å². The fourth-order valence-corrected chi connectivity index (χ4v) is 7.60. The van der Waals surface area contributed by atoms with Gasteiger partial charge in [0.05, 0.1) is 0 Å². The summed E-state index contributed by atoms with van der Waals surface area (Å²) in [6, 6.07) is 54.3. The molecule has 0 aliphatic heterocycles. The summed E-state index contributed by atoms with van der Waals surface area (Å²) < 4.78 is 0. The topological polar surface area (TPSA) is 40.5 Å². The molecule has 2 aliphatic rings. The van der Waals surface area contributed by atoms with Gasteiger partial charge in [-0.1, -0.05) is 158 Å². The molecule has 3 heteroatoms. The van der Waals surface area contributed by atoms with E-state index in [1.165, 1.54) is 44.5 Å². The minimum absolute atomic E-state index is 0. The number of benzene rings is 8. The average Bonchev–Trinajstić information content (AvgIpc) is 3.70. The van der Waals surface area contributed by atoms with E-state index < -0.39 is 0 Å². The second-order valence-corrected chi connectivity index (χ2v) is 12.8. The van der Waals surface area contributed by atoms with Crippen LogP contribution in [0.4, 0.5) is 0 Å². The van der Waals surface area contributed by atoms with Crippen molar-refractivity contribution in [2.24, 2.45) is 0 Å². The Morgan fingerprint density at radius 1 is 0.333 bits per heavy atom. The quantitative estimate of drug-likeness (QED) is 0.140. The number of rotatable bonds is 2. The minimum atomic E-state index is 0. The van der Waals surface area contributed by atoms with Gasteiger partial charge in [-0.25, -0.2) is 0 Å². The summed E-state index contributed by atoms with van der Waals surface area (Å²) in [6.45, 7) is 0. The summed E-state index contributed by atoms with van der Waals surface area (Å²) >= 11 is 0. The predicted octanol–water partition coefficient (Wildman–Crippen LogP) is 12.5. The van der Waals surface area contributed by atoms with E-state index in [4.69, 9.17) is 0 Å². The first-order valence-corrected chi connectivity index (χ1v) is 16.5. The van der Waals surface area contributed by atoms with Crippen molar-refractivity contribution in [1.29, 1.82) is 0 Å². The number of hydrogen-bond acceptors (Lipinski definition) is 2. The van der Waals surface area contributed by atoms with E-state index in [0.717, 1.165) is 56.6 Å². The molecule has 0 saturated heterocycles. The summed E-state index contributed by atoms with van der Waals surface area (Å²) in [5.41, 5.74) is 14.7. The fraction of sp³-hybridized carbons (Fsp3) is 0.0417. The molecule has 2 nitrogen and oxygen atoms in total. The van der Waals surface area contributed by atoms with Crippen LogP contribution < -0.4 is 0 Å². The predicted molar refractivity (Wildman–Crippen MR) is 211 cm³/mol. The summed E-state index contributed by atoms with van der Waals surface area (Å²) in [6.07, 6.45) is 1.93. The van der Waals surface area contributed by atoms with Crippen LogP contribution in [0.5, 0.6) is 11.5 Å². The van der Waals surface area contributed by atoms with Gasteiger partial charge in [-0.05, 0) is 79.2 Å². The van der Waals surface area contributed by atoms with Crippen molar-refractivity contribution in [1.82, 2.24) is 0 Å². The van der Waals surface area contributed by atoms with Gasteiger partial charge < -0.3 is 25.1 Å². The fourth-order valence-electron chi connectivity index (χ4n) is 7.60. The second-order valence-electron chi connectivity index (χ2n) is 12.8. The van der Waals surface area contributed by atoms with Crippen LogP contribution in [-0.4, -0.2) is 10.2 Å². The molecule has 0 saturated carbocycles. The summed E-state index contributed by atoms with van der Waals surface area (Å²) in [4.78, 5) is 0. The third kappa shape index (κ3) is 6.16. The van der Waals surface area contributed by atoms with Gasteiger partial charge in [-0.2, -0.15) is 0 Å². The van der Waals surface area contributed by atoms with Gasteiger partial charge in [0.1, 0.15) is 11.5 Å². The van der Waals surface area contributed by atoms with E-state index in [0.29, 0.717) is 11.5 Å². The minimum Gasteiger partial charge on any atom is -0.507 e. The molecule has 0 radical (unpaired) electrons. The van der Waals surface area contributed by atoms with Crippen molar-refractivity contribution in [3.63, 3.8) is 0 Å². The largest absolute Gasteiger partial charge is 2.00 e. The van der Waals surface area contributed by atoms with E-state index in [1.54, 1.807) is 0 Å². The summed E-state index contributed by atoms with van der Waals surface area (Å²) in [7, 11) is 0. The molecule has 0 aromatic heterocycles. The Bertz CT molecular complexity index is 2370. The van der Waals surface area contributed by atoms with Crippen molar-refractivity contribution in [2.75, 3.05) is 0 Å². The Morgan fingerprint density at radius 2 is 0.686 bits per heavy atom. The van der Waals surface area contributed by atoms with Crippen LogP contribution in [0.25, 0.3) is 66.1 Å². The van der Waals surface area contributed by atoms with E-state index in [2.05, 4.69) is 97.1 Å². The molecule has 246 valence electrons. The van der Waals surface area contributed by atoms with Gasteiger partial charge in [0.2, 0.25) is 0 Å². The van der Waals surface area contributed by atoms with Crippen molar-refractivity contribution in [3.8, 4) is 56.0 Å². The first kappa shape index (κ1) is 35.4. The zero-order valence-electron chi connectivity index (χ0n) is 28.8. The molecular formula is C48H38O2Ti. The molecule has 0 spiro atoms. The molecule has 8 aromatic carbocycles. The van der Waals surface area contributed by atoms with Crippen LogP contribution in [0.3, 0.4) is 0 Å². The second kappa shape index (κ2) is 14.4. The Kier molecular flexibility index (Phi) is 10.0. The van der Waals surface area contributed by atoms with Crippen molar-refractivity contribution in [2.45, 2.75) is 12.8 Å². The van der Waals surface area contributed by atoms with E-state index >= 15 is 0 Å². The zero-order chi connectivity index (χ0) is 32.2. The molecule has 0 atom stereocenters.